The molecule has 1 unspecified atom stereocenters. The van der Waals surface area contributed by atoms with Crippen LogP contribution in [0.4, 0.5) is 0 Å². The molecule has 0 amide bonds. The van der Waals surface area contributed by atoms with Gasteiger partial charge in [-0.1, -0.05) is 0 Å². The standard InChI is InChI=1S/C16H32N4OS/c1-5-17-15(18-13-16(2,3)22-4)20-7-6-14(12-20)19-8-10-21-11-9-19/h14H,5-13H2,1-4H3,(H,17,18). The van der Waals surface area contributed by atoms with Crippen molar-refractivity contribution in [2.24, 2.45) is 4.99 Å². The molecule has 2 fully saturated rings. The van der Waals surface area contributed by atoms with E-state index in [1.54, 1.807) is 0 Å². The molecule has 2 rings (SSSR count). The van der Waals surface area contributed by atoms with E-state index in [0.29, 0.717) is 6.04 Å². The Bertz CT molecular complexity index is 369. The molecule has 2 aliphatic heterocycles. The van der Waals surface area contributed by atoms with Crippen molar-refractivity contribution in [2.75, 3.05) is 58.7 Å². The number of guanidine groups is 1. The lowest BCUT2D eigenvalue weighted by atomic mass is 10.2. The molecule has 0 saturated carbocycles. The zero-order valence-electron chi connectivity index (χ0n) is 14.6. The molecule has 128 valence electrons. The lowest BCUT2D eigenvalue weighted by Crippen LogP contribution is -2.47. The molecule has 0 bridgehead atoms. The topological polar surface area (TPSA) is 40.1 Å². The Hall–Kier alpha value is -0.460. The van der Waals surface area contributed by atoms with Gasteiger partial charge in [0, 0.05) is 43.5 Å². The Balaban J connectivity index is 1.93. The second-order valence-corrected chi connectivity index (χ2v) is 8.18. The molecular formula is C16H32N4OS. The Kier molecular flexibility index (Phi) is 6.84. The highest BCUT2D eigenvalue weighted by Gasteiger charge is 2.30. The summed E-state index contributed by atoms with van der Waals surface area (Å²) in [7, 11) is 0. The van der Waals surface area contributed by atoms with Crippen LogP contribution in [0, 0.1) is 0 Å². The van der Waals surface area contributed by atoms with Crippen molar-refractivity contribution in [2.45, 2.75) is 38.0 Å². The van der Waals surface area contributed by atoms with Gasteiger partial charge in [0.1, 0.15) is 0 Å². The van der Waals surface area contributed by atoms with Gasteiger partial charge in [-0.3, -0.25) is 9.89 Å². The van der Waals surface area contributed by atoms with Crippen LogP contribution < -0.4 is 5.32 Å². The number of hydrogen-bond acceptors (Lipinski definition) is 4. The monoisotopic (exact) mass is 328 g/mol. The zero-order valence-corrected chi connectivity index (χ0v) is 15.4. The van der Waals surface area contributed by atoms with Crippen LogP contribution in [-0.4, -0.2) is 85.3 Å². The molecule has 1 N–H and O–H groups in total. The van der Waals surface area contributed by atoms with E-state index < -0.39 is 0 Å². The first-order chi connectivity index (χ1) is 10.6. The minimum atomic E-state index is 0.198. The number of nitrogens with one attached hydrogen (secondary N) is 1. The third-order valence-electron chi connectivity index (χ3n) is 4.52. The predicted molar refractivity (Wildman–Crippen MR) is 95.9 cm³/mol. The van der Waals surface area contributed by atoms with Crippen LogP contribution in [-0.2, 0) is 4.74 Å². The van der Waals surface area contributed by atoms with E-state index in [2.05, 4.69) is 42.1 Å². The van der Waals surface area contributed by atoms with Gasteiger partial charge in [-0.05, 0) is 33.4 Å². The number of aliphatic imine (C=N–C) groups is 1. The van der Waals surface area contributed by atoms with Gasteiger partial charge in [0.05, 0.1) is 19.8 Å². The molecule has 0 aromatic rings. The summed E-state index contributed by atoms with van der Waals surface area (Å²) in [4.78, 5) is 9.90. The fraction of sp³-hybridized carbons (Fsp3) is 0.938. The maximum absolute atomic E-state index is 5.47. The number of likely N-dealkylation sites (tertiary alicyclic amines) is 1. The quantitative estimate of drug-likeness (QED) is 0.612. The van der Waals surface area contributed by atoms with Crippen molar-refractivity contribution < 1.29 is 4.74 Å². The lowest BCUT2D eigenvalue weighted by molar-refractivity contribution is 0.0195. The highest BCUT2D eigenvalue weighted by molar-refractivity contribution is 7.99. The largest absolute Gasteiger partial charge is 0.379 e. The number of ether oxygens (including phenoxy) is 1. The lowest BCUT2D eigenvalue weighted by Gasteiger charge is -2.32. The Labute approximate surface area is 139 Å². The smallest absolute Gasteiger partial charge is 0.194 e. The minimum absolute atomic E-state index is 0.198. The Morgan fingerprint density at radius 1 is 1.32 bits per heavy atom. The Morgan fingerprint density at radius 2 is 2.05 bits per heavy atom. The van der Waals surface area contributed by atoms with E-state index in [-0.39, 0.29) is 4.75 Å². The summed E-state index contributed by atoms with van der Waals surface area (Å²) in [5.74, 6) is 1.08. The second kappa shape index (κ2) is 8.41. The van der Waals surface area contributed by atoms with Crippen molar-refractivity contribution >= 4 is 17.7 Å². The highest BCUT2D eigenvalue weighted by atomic mass is 32.2. The van der Waals surface area contributed by atoms with Gasteiger partial charge in [0.25, 0.3) is 0 Å². The number of thioether (sulfide) groups is 1. The molecule has 1 atom stereocenters. The molecule has 2 heterocycles. The molecule has 6 heteroatoms. The van der Waals surface area contributed by atoms with Crippen LogP contribution in [0.2, 0.25) is 0 Å². The summed E-state index contributed by atoms with van der Waals surface area (Å²) in [6, 6.07) is 0.654. The summed E-state index contributed by atoms with van der Waals surface area (Å²) >= 11 is 1.88. The van der Waals surface area contributed by atoms with E-state index in [1.807, 2.05) is 11.8 Å². The highest BCUT2D eigenvalue weighted by Crippen LogP contribution is 2.22. The van der Waals surface area contributed by atoms with Crippen molar-refractivity contribution in [3.05, 3.63) is 0 Å². The molecule has 0 radical (unpaired) electrons. The van der Waals surface area contributed by atoms with E-state index in [1.165, 1.54) is 6.42 Å². The van der Waals surface area contributed by atoms with E-state index in [4.69, 9.17) is 9.73 Å². The normalized spacial score (nSPS) is 24.8. The van der Waals surface area contributed by atoms with Gasteiger partial charge in [-0.15, -0.1) is 0 Å². The minimum Gasteiger partial charge on any atom is -0.379 e. The fourth-order valence-electron chi connectivity index (χ4n) is 2.93. The van der Waals surface area contributed by atoms with Gasteiger partial charge in [0.15, 0.2) is 5.96 Å². The van der Waals surface area contributed by atoms with Gasteiger partial charge < -0.3 is 15.0 Å². The molecule has 0 aromatic carbocycles. The molecule has 5 nitrogen and oxygen atoms in total. The SMILES string of the molecule is CCNC(=NCC(C)(C)SC)N1CCC(N2CCOCC2)C1. The van der Waals surface area contributed by atoms with Crippen molar-refractivity contribution in [3.63, 3.8) is 0 Å². The molecule has 2 aliphatic rings. The van der Waals surface area contributed by atoms with Crippen LogP contribution in [0.3, 0.4) is 0 Å². The molecule has 0 spiro atoms. The van der Waals surface area contributed by atoms with Crippen LogP contribution >= 0.6 is 11.8 Å². The molecule has 22 heavy (non-hydrogen) atoms. The van der Waals surface area contributed by atoms with Crippen LogP contribution in [0.1, 0.15) is 27.2 Å². The van der Waals surface area contributed by atoms with Gasteiger partial charge in [-0.2, -0.15) is 11.8 Å². The first kappa shape index (κ1) is 17.9. The Morgan fingerprint density at radius 3 is 2.68 bits per heavy atom. The van der Waals surface area contributed by atoms with E-state index in [9.17, 15) is 0 Å². The average molecular weight is 329 g/mol. The van der Waals surface area contributed by atoms with Crippen molar-refractivity contribution in [1.82, 2.24) is 15.1 Å². The van der Waals surface area contributed by atoms with Gasteiger partial charge >= 0.3 is 0 Å². The number of rotatable bonds is 5. The van der Waals surface area contributed by atoms with E-state index in [0.717, 1.165) is 58.4 Å². The first-order valence-corrected chi connectivity index (χ1v) is 9.68. The summed E-state index contributed by atoms with van der Waals surface area (Å²) in [5.41, 5.74) is 0. The van der Waals surface area contributed by atoms with E-state index >= 15 is 0 Å². The predicted octanol–water partition coefficient (Wildman–Crippen LogP) is 1.50. The maximum Gasteiger partial charge on any atom is 0.194 e. The third-order valence-corrected chi connectivity index (χ3v) is 5.76. The number of hydrogen-bond donors (Lipinski definition) is 1. The summed E-state index contributed by atoms with van der Waals surface area (Å²) in [6.45, 7) is 14.5. The van der Waals surface area contributed by atoms with Gasteiger partial charge in [-0.25, -0.2) is 0 Å². The third kappa shape index (κ3) is 5.03. The number of nitrogens with zero attached hydrogens (tertiary/aromatic N) is 3. The van der Waals surface area contributed by atoms with Crippen LogP contribution in [0.25, 0.3) is 0 Å². The van der Waals surface area contributed by atoms with Crippen molar-refractivity contribution in [1.29, 1.82) is 0 Å². The zero-order chi connectivity index (χ0) is 16.0. The molecule has 0 aromatic heterocycles. The first-order valence-electron chi connectivity index (χ1n) is 8.46. The van der Waals surface area contributed by atoms with Crippen molar-refractivity contribution in [3.8, 4) is 0 Å². The summed E-state index contributed by atoms with van der Waals surface area (Å²) in [5, 5.41) is 3.47. The molecule has 0 aliphatic carbocycles. The van der Waals surface area contributed by atoms with Crippen LogP contribution in [0.15, 0.2) is 4.99 Å². The summed E-state index contributed by atoms with van der Waals surface area (Å²) in [6.07, 6.45) is 3.39. The van der Waals surface area contributed by atoms with Gasteiger partial charge in [0.2, 0.25) is 0 Å². The molecular weight excluding hydrogens is 296 g/mol. The average Bonchev–Trinajstić information content (AvgIpc) is 3.02. The van der Waals surface area contributed by atoms with Crippen LogP contribution in [0.5, 0.6) is 0 Å². The second-order valence-electron chi connectivity index (χ2n) is 6.67. The summed E-state index contributed by atoms with van der Waals surface area (Å²) < 4.78 is 5.67. The fourth-order valence-corrected chi connectivity index (χ4v) is 3.12. The number of morpholine rings is 1. The maximum atomic E-state index is 5.47. The molecule has 2 saturated heterocycles.